The molecule has 2 amide bonds. The molecule has 1 aromatic carbocycles. The molecule has 0 fully saturated rings. The van der Waals surface area contributed by atoms with Gasteiger partial charge in [0.2, 0.25) is 0 Å². The van der Waals surface area contributed by atoms with E-state index < -0.39 is 0 Å². The molecule has 27 heavy (non-hydrogen) atoms. The van der Waals surface area contributed by atoms with E-state index in [1.807, 2.05) is 53.2 Å². The SMILES string of the molecule is C#CCOc1ccc(CCNC(=O)NCc2cn3cc(Br)ccc3n2)cc1. The van der Waals surface area contributed by atoms with Gasteiger partial charge < -0.3 is 19.8 Å². The molecule has 138 valence electrons. The summed E-state index contributed by atoms with van der Waals surface area (Å²) in [6, 6.07) is 11.3. The first-order valence-electron chi connectivity index (χ1n) is 8.44. The Morgan fingerprint density at radius 1 is 1.19 bits per heavy atom. The summed E-state index contributed by atoms with van der Waals surface area (Å²) in [6.07, 6.45) is 9.71. The molecule has 3 rings (SSSR count). The molecule has 0 aliphatic carbocycles. The van der Waals surface area contributed by atoms with Crippen LogP contribution in [0.15, 0.2) is 53.3 Å². The molecule has 6 nitrogen and oxygen atoms in total. The number of fused-ring (bicyclic) bond motifs is 1. The number of rotatable bonds is 7. The number of nitrogens with one attached hydrogen (secondary N) is 2. The van der Waals surface area contributed by atoms with Crippen molar-refractivity contribution in [1.29, 1.82) is 0 Å². The fourth-order valence-electron chi connectivity index (χ4n) is 2.53. The molecule has 0 atom stereocenters. The lowest BCUT2D eigenvalue weighted by molar-refractivity contribution is 0.240. The summed E-state index contributed by atoms with van der Waals surface area (Å²) in [5.74, 6) is 3.16. The molecule has 2 N–H and O–H groups in total. The van der Waals surface area contributed by atoms with Crippen LogP contribution in [-0.2, 0) is 13.0 Å². The molecular formula is C20H19BrN4O2. The third kappa shape index (κ3) is 5.50. The summed E-state index contributed by atoms with van der Waals surface area (Å²) < 4.78 is 8.21. The molecule has 0 bridgehead atoms. The number of nitrogens with zero attached hydrogens (tertiary/aromatic N) is 2. The van der Waals surface area contributed by atoms with Crippen molar-refractivity contribution in [2.24, 2.45) is 0 Å². The maximum absolute atomic E-state index is 11.9. The minimum absolute atomic E-state index is 0.220. The van der Waals surface area contributed by atoms with Gasteiger partial charge in [0.05, 0.1) is 12.2 Å². The van der Waals surface area contributed by atoms with Crippen molar-refractivity contribution >= 4 is 27.6 Å². The maximum atomic E-state index is 11.9. The van der Waals surface area contributed by atoms with Crippen molar-refractivity contribution in [3.05, 3.63) is 64.5 Å². The van der Waals surface area contributed by atoms with Gasteiger partial charge in [0, 0.05) is 23.4 Å². The highest BCUT2D eigenvalue weighted by molar-refractivity contribution is 9.10. The number of hydrogen-bond donors (Lipinski definition) is 2. The first-order chi connectivity index (χ1) is 13.1. The highest BCUT2D eigenvalue weighted by Crippen LogP contribution is 2.13. The van der Waals surface area contributed by atoms with Crippen LogP contribution in [-0.4, -0.2) is 28.6 Å². The Balaban J connectivity index is 1.41. The first kappa shape index (κ1) is 18.8. The molecular weight excluding hydrogens is 408 g/mol. The maximum Gasteiger partial charge on any atom is 0.315 e. The molecule has 0 saturated carbocycles. The molecule has 7 heteroatoms. The number of benzene rings is 1. The average Bonchev–Trinajstić information content (AvgIpc) is 3.08. The van der Waals surface area contributed by atoms with Crippen LogP contribution in [0.5, 0.6) is 5.75 Å². The number of ether oxygens (including phenoxy) is 1. The molecule has 0 unspecified atom stereocenters. The summed E-state index contributed by atoms with van der Waals surface area (Å²) >= 11 is 3.42. The van der Waals surface area contributed by atoms with E-state index >= 15 is 0 Å². The lowest BCUT2D eigenvalue weighted by Gasteiger charge is -2.07. The zero-order chi connectivity index (χ0) is 19.1. The number of terminal acetylenes is 1. The van der Waals surface area contributed by atoms with Crippen LogP contribution in [0.3, 0.4) is 0 Å². The van der Waals surface area contributed by atoms with Crippen molar-refractivity contribution in [2.75, 3.05) is 13.2 Å². The normalized spacial score (nSPS) is 10.4. The van der Waals surface area contributed by atoms with Gasteiger partial charge in [0.15, 0.2) is 0 Å². The van der Waals surface area contributed by atoms with E-state index in [0.29, 0.717) is 13.1 Å². The largest absolute Gasteiger partial charge is 0.481 e. The number of urea groups is 1. The van der Waals surface area contributed by atoms with Crippen LogP contribution < -0.4 is 15.4 Å². The zero-order valence-electron chi connectivity index (χ0n) is 14.6. The van der Waals surface area contributed by atoms with Crippen molar-refractivity contribution in [3.63, 3.8) is 0 Å². The Labute approximate surface area is 166 Å². The van der Waals surface area contributed by atoms with E-state index in [0.717, 1.165) is 33.5 Å². The van der Waals surface area contributed by atoms with Crippen LogP contribution >= 0.6 is 15.9 Å². The summed E-state index contributed by atoms with van der Waals surface area (Å²) in [6.45, 7) is 1.16. The van der Waals surface area contributed by atoms with Crippen molar-refractivity contribution in [3.8, 4) is 18.1 Å². The minimum Gasteiger partial charge on any atom is -0.481 e. The van der Waals surface area contributed by atoms with Gasteiger partial charge in [0.1, 0.15) is 18.0 Å². The Hall–Kier alpha value is -2.98. The van der Waals surface area contributed by atoms with E-state index in [9.17, 15) is 4.79 Å². The van der Waals surface area contributed by atoms with Gasteiger partial charge in [-0.05, 0) is 52.2 Å². The number of amides is 2. The number of pyridine rings is 1. The standard InChI is InChI=1S/C20H19BrN4O2/c1-2-11-27-18-6-3-15(4-7-18)9-10-22-20(26)23-12-17-14-25-13-16(21)5-8-19(25)24-17/h1,3-8,13-14H,9-12H2,(H2,22,23,26). The molecule has 0 aliphatic rings. The highest BCUT2D eigenvalue weighted by atomic mass is 79.9. The van der Waals surface area contributed by atoms with Crippen LogP contribution in [0, 0.1) is 12.3 Å². The minimum atomic E-state index is -0.220. The Morgan fingerprint density at radius 3 is 2.78 bits per heavy atom. The molecule has 0 radical (unpaired) electrons. The number of hydrogen-bond acceptors (Lipinski definition) is 3. The zero-order valence-corrected chi connectivity index (χ0v) is 16.2. The predicted molar refractivity (Wildman–Crippen MR) is 108 cm³/mol. The topological polar surface area (TPSA) is 67.7 Å². The lowest BCUT2D eigenvalue weighted by atomic mass is 10.1. The highest BCUT2D eigenvalue weighted by Gasteiger charge is 2.05. The van der Waals surface area contributed by atoms with Gasteiger partial charge in [-0.3, -0.25) is 0 Å². The number of aromatic nitrogens is 2. The summed E-state index contributed by atoms with van der Waals surface area (Å²) in [7, 11) is 0. The monoisotopic (exact) mass is 426 g/mol. The van der Waals surface area contributed by atoms with Gasteiger partial charge in [-0.25, -0.2) is 9.78 Å². The molecule has 2 heterocycles. The summed E-state index contributed by atoms with van der Waals surface area (Å²) in [5.41, 5.74) is 2.74. The quantitative estimate of drug-likeness (QED) is 0.570. The van der Waals surface area contributed by atoms with Crippen LogP contribution in [0.2, 0.25) is 0 Å². The lowest BCUT2D eigenvalue weighted by Crippen LogP contribution is -2.36. The van der Waals surface area contributed by atoms with Crippen LogP contribution in [0.25, 0.3) is 5.65 Å². The number of imidazole rings is 1. The number of carbonyl (C=O) groups excluding carboxylic acids is 1. The predicted octanol–water partition coefficient (Wildman–Crippen LogP) is 3.15. The molecule has 0 aliphatic heterocycles. The first-order valence-corrected chi connectivity index (χ1v) is 9.23. The van der Waals surface area contributed by atoms with E-state index in [4.69, 9.17) is 11.2 Å². The third-order valence-corrected chi connectivity index (χ3v) is 4.31. The van der Waals surface area contributed by atoms with Crippen LogP contribution in [0.1, 0.15) is 11.3 Å². The van der Waals surface area contributed by atoms with Gasteiger partial charge in [0.25, 0.3) is 0 Å². The smallest absolute Gasteiger partial charge is 0.315 e. The number of carbonyl (C=O) groups is 1. The Morgan fingerprint density at radius 2 is 2.00 bits per heavy atom. The van der Waals surface area contributed by atoms with Crippen molar-refractivity contribution in [1.82, 2.24) is 20.0 Å². The fraction of sp³-hybridized carbons (Fsp3) is 0.200. The Kier molecular flexibility index (Phi) is 6.34. The third-order valence-electron chi connectivity index (χ3n) is 3.84. The van der Waals surface area contributed by atoms with E-state index in [2.05, 4.69) is 37.5 Å². The molecule has 0 saturated heterocycles. The second kappa shape index (κ2) is 9.10. The summed E-state index contributed by atoms with van der Waals surface area (Å²) in [5, 5.41) is 5.66. The Bertz CT molecular complexity index is 960. The van der Waals surface area contributed by atoms with Crippen molar-refractivity contribution < 1.29 is 9.53 Å². The number of halogens is 1. The molecule has 0 spiro atoms. The molecule has 3 aromatic rings. The van der Waals surface area contributed by atoms with Gasteiger partial charge in [-0.1, -0.05) is 18.1 Å². The van der Waals surface area contributed by atoms with E-state index in [1.54, 1.807) is 0 Å². The van der Waals surface area contributed by atoms with E-state index in [1.165, 1.54) is 0 Å². The van der Waals surface area contributed by atoms with Gasteiger partial charge >= 0.3 is 6.03 Å². The second-order valence-electron chi connectivity index (χ2n) is 5.84. The van der Waals surface area contributed by atoms with Gasteiger partial charge in [-0.2, -0.15) is 0 Å². The van der Waals surface area contributed by atoms with Gasteiger partial charge in [-0.15, -0.1) is 6.42 Å². The van der Waals surface area contributed by atoms with Crippen molar-refractivity contribution in [2.45, 2.75) is 13.0 Å². The van der Waals surface area contributed by atoms with E-state index in [-0.39, 0.29) is 12.6 Å². The second-order valence-corrected chi connectivity index (χ2v) is 6.76. The summed E-state index contributed by atoms with van der Waals surface area (Å²) in [4.78, 5) is 16.4. The average molecular weight is 427 g/mol. The molecule has 2 aromatic heterocycles. The van der Waals surface area contributed by atoms with Crippen LogP contribution in [0.4, 0.5) is 4.79 Å². The fourth-order valence-corrected chi connectivity index (χ4v) is 2.89.